The lowest BCUT2D eigenvalue weighted by Gasteiger charge is -2.34. The van der Waals surface area contributed by atoms with Crippen LogP contribution in [-0.4, -0.2) is 35.7 Å². The minimum Gasteiger partial charge on any atom is -0.484 e. The predicted molar refractivity (Wildman–Crippen MR) is 138 cm³/mol. The van der Waals surface area contributed by atoms with Crippen LogP contribution in [0.5, 0.6) is 5.75 Å². The maximum atomic E-state index is 12.9. The number of carbonyl (C=O) groups excluding carboxylic acids is 2. The normalized spacial score (nSPS) is 19.9. The van der Waals surface area contributed by atoms with E-state index in [0.717, 1.165) is 35.0 Å². The Labute approximate surface area is 207 Å². The topological polar surface area (TPSA) is 69.6 Å². The second kappa shape index (κ2) is 11.0. The summed E-state index contributed by atoms with van der Waals surface area (Å²) < 4.78 is 13.4. The van der Waals surface area contributed by atoms with Crippen molar-refractivity contribution in [2.45, 2.75) is 59.5 Å². The Morgan fingerprint density at radius 1 is 1.09 bits per heavy atom. The lowest BCUT2D eigenvalue weighted by Crippen LogP contribution is -2.45. The first kappa shape index (κ1) is 24.8. The first-order valence-electron chi connectivity index (χ1n) is 12.6. The molecule has 6 nitrogen and oxygen atoms in total. The van der Waals surface area contributed by atoms with Crippen molar-refractivity contribution in [3.05, 3.63) is 65.4 Å². The third kappa shape index (κ3) is 5.53. The van der Waals surface area contributed by atoms with E-state index in [9.17, 15) is 9.59 Å². The van der Waals surface area contributed by atoms with Crippen LogP contribution in [0, 0.1) is 18.8 Å². The molecule has 0 bridgehead atoms. The number of hydrogen-bond donors (Lipinski definition) is 1. The molecule has 0 saturated heterocycles. The van der Waals surface area contributed by atoms with Gasteiger partial charge in [-0.15, -0.1) is 0 Å². The molecule has 6 heteroatoms. The van der Waals surface area contributed by atoms with E-state index in [0.29, 0.717) is 36.3 Å². The monoisotopic (exact) mass is 476 g/mol. The molecular formula is C29H36N2O4. The van der Waals surface area contributed by atoms with Crippen LogP contribution in [0.1, 0.15) is 61.6 Å². The van der Waals surface area contributed by atoms with Crippen molar-refractivity contribution in [1.29, 1.82) is 0 Å². The fourth-order valence-electron chi connectivity index (χ4n) is 5.16. The van der Waals surface area contributed by atoms with E-state index >= 15 is 0 Å². The number of fused-ring (bicyclic) bond motifs is 1. The Balaban J connectivity index is 1.55. The van der Waals surface area contributed by atoms with E-state index in [2.05, 4.69) is 35.9 Å². The Kier molecular flexibility index (Phi) is 7.79. The molecule has 1 heterocycles. The molecule has 1 aliphatic carbocycles. The minimum atomic E-state index is -0.350. The van der Waals surface area contributed by atoms with Crippen LogP contribution in [0.25, 0.3) is 10.9 Å². The maximum absolute atomic E-state index is 12.9. The van der Waals surface area contributed by atoms with Crippen LogP contribution in [0.4, 0.5) is 0 Å². The molecule has 1 amide bonds. The smallest absolute Gasteiger partial charge is 0.340 e. The van der Waals surface area contributed by atoms with Gasteiger partial charge in [-0.2, -0.15) is 0 Å². The highest BCUT2D eigenvalue weighted by Gasteiger charge is 2.28. The molecule has 3 aromatic rings. The number of amides is 1. The Morgan fingerprint density at radius 2 is 1.86 bits per heavy atom. The Bertz CT molecular complexity index is 1180. The average molecular weight is 477 g/mol. The zero-order valence-corrected chi connectivity index (χ0v) is 21.2. The van der Waals surface area contributed by atoms with Gasteiger partial charge in [-0.05, 0) is 55.9 Å². The number of carbonyl (C=O) groups is 2. The molecule has 186 valence electrons. The summed E-state index contributed by atoms with van der Waals surface area (Å²) >= 11 is 0. The Morgan fingerprint density at radius 3 is 2.60 bits per heavy atom. The van der Waals surface area contributed by atoms with Crippen molar-refractivity contribution in [1.82, 2.24) is 9.88 Å². The number of rotatable bonds is 8. The van der Waals surface area contributed by atoms with Gasteiger partial charge in [-0.3, -0.25) is 4.79 Å². The molecule has 0 radical (unpaired) electrons. The van der Waals surface area contributed by atoms with Crippen molar-refractivity contribution in [3.63, 3.8) is 0 Å². The van der Waals surface area contributed by atoms with Crippen LogP contribution in [-0.2, 0) is 16.1 Å². The van der Waals surface area contributed by atoms with Crippen molar-refractivity contribution < 1.29 is 19.1 Å². The average Bonchev–Trinajstić information content (AvgIpc) is 3.12. The molecule has 0 aliphatic heterocycles. The molecule has 1 saturated carbocycles. The zero-order chi connectivity index (χ0) is 24.9. The molecule has 3 atom stereocenters. The summed E-state index contributed by atoms with van der Waals surface area (Å²) in [6.45, 7) is 9.10. The summed E-state index contributed by atoms with van der Waals surface area (Å²) in [6.07, 6.45) is 3.38. The zero-order valence-electron chi connectivity index (χ0n) is 21.2. The van der Waals surface area contributed by atoms with Crippen molar-refractivity contribution in [2.75, 3.05) is 13.2 Å². The molecule has 1 N–H and O–H groups in total. The van der Waals surface area contributed by atoms with Crippen molar-refractivity contribution >= 4 is 22.8 Å². The number of esters is 1. The van der Waals surface area contributed by atoms with Gasteiger partial charge in [0.05, 0.1) is 12.2 Å². The van der Waals surface area contributed by atoms with Gasteiger partial charge in [0.2, 0.25) is 0 Å². The number of ether oxygens (including phenoxy) is 2. The standard InChI is InChI=1S/C29H36N2O4/c1-5-34-29(33)28-21(4)31(17-22-11-7-6-8-12-22)26-15-14-23(16-24(26)28)35-18-27(32)30-25-13-9-10-19(2)20(25)3/h6-8,11-12,14-16,19-20,25H,5,9-10,13,17-18H2,1-4H3,(H,30,32). The fraction of sp³-hybridized carbons (Fsp3) is 0.448. The molecule has 2 aromatic carbocycles. The number of benzene rings is 2. The van der Waals surface area contributed by atoms with Gasteiger partial charge in [-0.1, -0.05) is 57.0 Å². The first-order chi connectivity index (χ1) is 16.9. The van der Waals surface area contributed by atoms with E-state index in [1.807, 2.05) is 43.3 Å². The molecule has 1 aliphatic rings. The Hall–Kier alpha value is -3.28. The van der Waals surface area contributed by atoms with Crippen LogP contribution < -0.4 is 10.1 Å². The third-order valence-electron chi connectivity index (χ3n) is 7.38. The minimum absolute atomic E-state index is 0.0540. The maximum Gasteiger partial charge on any atom is 0.340 e. The van der Waals surface area contributed by atoms with E-state index < -0.39 is 0 Å². The second-order valence-corrected chi connectivity index (χ2v) is 9.66. The van der Waals surface area contributed by atoms with Gasteiger partial charge >= 0.3 is 5.97 Å². The van der Waals surface area contributed by atoms with Crippen LogP contribution in [0.3, 0.4) is 0 Å². The quantitative estimate of drug-likeness (QED) is 0.436. The lowest BCUT2D eigenvalue weighted by atomic mass is 9.78. The summed E-state index contributed by atoms with van der Waals surface area (Å²) in [6, 6.07) is 16.0. The van der Waals surface area contributed by atoms with Gasteiger partial charge in [0.1, 0.15) is 5.75 Å². The number of hydrogen-bond acceptors (Lipinski definition) is 4. The summed E-state index contributed by atoms with van der Waals surface area (Å²) in [4.78, 5) is 25.5. The van der Waals surface area contributed by atoms with Crippen molar-refractivity contribution in [3.8, 4) is 5.75 Å². The van der Waals surface area contributed by atoms with Gasteiger partial charge in [0, 0.05) is 29.2 Å². The highest BCUT2D eigenvalue weighted by molar-refractivity contribution is 6.06. The second-order valence-electron chi connectivity index (χ2n) is 9.66. The first-order valence-corrected chi connectivity index (χ1v) is 12.6. The van der Waals surface area contributed by atoms with Crippen molar-refractivity contribution in [2.24, 2.45) is 11.8 Å². The molecule has 1 fully saturated rings. The van der Waals surface area contributed by atoms with Crippen LogP contribution in [0.2, 0.25) is 0 Å². The summed E-state index contributed by atoms with van der Waals surface area (Å²) in [7, 11) is 0. The number of aromatic nitrogens is 1. The highest BCUT2D eigenvalue weighted by Crippen LogP contribution is 2.31. The molecule has 1 aromatic heterocycles. The summed E-state index contributed by atoms with van der Waals surface area (Å²) in [5.74, 6) is 1.17. The largest absolute Gasteiger partial charge is 0.484 e. The fourth-order valence-corrected chi connectivity index (χ4v) is 5.16. The molecule has 4 rings (SSSR count). The van der Waals surface area contributed by atoms with E-state index in [4.69, 9.17) is 9.47 Å². The predicted octanol–water partition coefficient (Wildman–Crippen LogP) is 5.49. The molecule has 0 spiro atoms. The molecular weight excluding hydrogens is 440 g/mol. The van der Waals surface area contributed by atoms with Gasteiger partial charge in [0.15, 0.2) is 6.61 Å². The molecule has 3 unspecified atom stereocenters. The number of nitrogens with one attached hydrogen (secondary N) is 1. The van der Waals surface area contributed by atoms with E-state index in [-0.39, 0.29) is 24.5 Å². The lowest BCUT2D eigenvalue weighted by molar-refractivity contribution is -0.124. The number of nitrogens with zero attached hydrogens (tertiary/aromatic N) is 1. The summed E-state index contributed by atoms with van der Waals surface area (Å²) in [5, 5.41) is 3.92. The van der Waals surface area contributed by atoms with Gasteiger partial charge in [-0.25, -0.2) is 4.79 Å². The summed E-state index contributed by atoms with van der Waals surface area (Å²) in [5.41, 5.74) is 3.46. The van der Waals surface area contributed by atoms with Crippen LogP contribution in [0.15, 0.2) is 48.5 Å². The molecule has 35 heavy (non-hydrogen) atoms. The van der Waals surface area contributed by atoms with Crippen LogP contribution >= 0.6 is 0 Å². The third-order valence-corrected chi connectivity index (χ3v) is 7.38. The van der Waals surface area contributed by atoms with E-state index in [1.165, 1.54) is 6.42 Å². The SMILES string of the molecule is CCOC(=O)c1c(C)n(Cc2ccccc2)c2ccc(OCC(=O)NC3CCCC(C)C3C)cc12. The van der Waals surface area contributed by atoms with E-state index in [1.54, 1.807) is 6.92 Å². The van der Waals surface area contributed by atoms with Gasteiger partial charge < -0.3 is 19.4 Å². The van der Waals surface area contributed by atoms with Gasteiger partial charge in [0.25, 0.3) is 5.91 Å². The highest BCUT2D eigenvalue weighted by atomic mass is 16.5.